The Balaban J connectivity index is 1.88. The van der Waals surface area contributed by atoms with Gasteiger partial charge in [0, 0.05) is 11.6 Å². The van der Waals surface area contributed by atoms with Crippen molar-refractivity contribution in [3.05, 3.63) is 23.7 Å². The molecule has 20 heavy (non-hydrogen) atoms. The van der Waals surface area contributed by atoms with E-state index in [4.69, 9.17) is 4.42 Å². The van der Waals surface area contributed by atoms with Gasteiger partial charge in [-0.25, -0.2) is 0 Å². The van der Waals surface area contributed by atoms with Gasteiger partial charge in [-0.05, 0) is 58.7 Å². The first-order chi connectivity index (χ1) is 9.48. The molecule has 1 aromatic heterocycles. The second kappa shape index (κ2) is 6.77. The summed E-state index contributed by atoms with van der Waals surface area (Å²) in [5.74, 6) is 2.15. The number of hydrogen-bond donors (Lipinski definition) is 1. The van der Waals surface area contributed by atoms with Gasteiger partial charge in [-0.15, -0.1) is 0 Å². The summed E-state index contributed by atoms with van der Waals surface area (Å²) >= 11 is 0. The Hall–Kier alpha value is -0.800. The first-order valence-corrected chi connectivity index (χ1v) is 8.04. The molecule has 1 fully saturated rings. The molecule has 0 spiro atoms. The molecule has 0 saturated carbocycles. The van der Waals surface area contributed by atoms with Crippen molar-refractivity contribution >= 4 is 0 Å². The van der Waals surface area contributed by atoms with Crippen molar-refractivity contribution in [2.75, 3.05) is 6.54 Å². The Morgan fingerprint density at radius 2 is 2.00 bits per heavy atom. The smallest absolute Gasteiger partial charge is 0.118 e. The maximum Gasteiger partial charge on any atom is 0.118 e. The molecule has 0 amide bonds. The molecule has 3 nitrogen and oxygen atoms in total. The normalized spacial score (nSPS) is 21.3. The number of rotatable bonds is 5. The van der Waals surface area contributed by atoms with E-state index in [9.17, 15) is 0 Å². The van der Waals surface area contributed by atoms with E-state index in [0.717, 1.165) is 30.7 Å². The standard InChI is InChI=1S/C17H30N2O/c1-5-14-8-6-7-11-19(14)13-16-10-9-15(20-16)12-18-17(2,3)4/h9-10,14,18H,5-8,11-13H2,1-4H3. The van der Waals surface area contributed by atoms with Crippen LogP contribution < -0.4 is 5.32 Å². The van der Waals surface area contributed by atoms with E-state index in [2.05, 4.69) is 50.0 Å². The van der Waals surface area contributed by atoms with Gasteiger partial charge in [-0.1, -0.05) is 13.3 Å². The summed E-state index contributed by atoms with van der Waals surface area (Å²) < 4.78 is 5.97. The number of furan rings is 1. The first kappa shape index (κ1) is 15.6. The van der Waals surface area contributed by atoms with E-state index in [1.165, 1.54) is 32.2 Å². The SMILES string of the molecule is CCC1CCCCN1Cc1ccc(CNC(C)(C)C)o1. The van der Waals surface area contributed by atoms with Gasteiger partial charge in [0.15, 0.2) is 0 Å². The summed E-state index contributed by atoms with van der Waals surface area (Å²) in [5, 5.41) is 3.47. The maximum absolute atomic E-state index is 5.97. The molecule has 0 aromatic carbocycles. The van der Waals surface area contributed by atoms with Gasteiger partial charge >= 0.3 is 0 Å². The van der Waals surface area contributed by atoms with Crippen molar-refractivity contribution in [2.45, 2.75) is 78.0 Å². The molecule has 0 bridgehead atoms. The fourth-order valence-electron chi connectivity index (χ4n) is 2.89. The quantitative estimate of drug-likeness (QED) is 0.884. The molecule has 1 N–H and O–H groups in total. The number of hydrogen-bond acceptors (Lipinski definition) is 3. The molecule has 3 heteroatoms. The van der Waals surface area contributed by atoms with Crippen LogP contribution in [0.1, 0.15) is 64.9 Å². The van der Waals surface area contributed by atoms with Crippen LogP contribution in [0.2, 0.25) is 0 Å². The van der Waals surface area contributed by atoms with Gasteiger partial charge in [0.25, 0.3) is 0 Å². The molecular weight excluding hydrogens is 248 g/mol. The van der Waals surface area contributed by atoms with Crippen LogP contribution in [-0.2, 0) is 13.1 Å². The van der Waals surface area contributed by atoms with E-state index >= 15 is 0 Å². The van der Waals surface area contributed by atoms with Crippen LogP contribution in [-0.4, -0.2) is 23.0 Å². The number of likely N-dealkylation sites (tertiary alicyclic amines) is 1. The summed E-state index contributed by atoms with van der Waals surface area (Å²) in [6.45, 7) is 11.8. The molecule has 114 valence electrons. The van der Waals surface area contributed by atoms with E-state index in [1.807, 2.05) is 0 Å². The Kier molecular flexibility index (Phi) is 5.28. The summed E-state index contributed by atoms with van der Waals surface area (Å²) in [7, 11) is 0. The third-order valence-corrected chi connectivity index (χ3v) is 4.09. The fourth-order valence-corrected chi connectivity index (χ4v) is 2.89. The summed E-state index contributed by atoms with van der Waals surface area (Å²) in [4.78, 5) is 2.59. The molecule has 1 aromatic rings. The minimum Gasteiger partial charge on any atom is -0.463 e. The van der Waals surface area contributed by atoms with E-state index in [-0.39, 0.29) is 5.54 Å². The van der Waals surface area contributed by atoms with Crippen LogP contribution in [0.5, 0.6) is 0 Å². The second-order valence-electron chi connectivity index (χ2n) is 7.00. The number of nitrogens with zero attached hydrogens (tertiary/aromatic N) is 1. The molecule has 1 unspecified atom stereocenters. The molecule has 2 heterocycles. The fraction of sp³-hybridized carbons (Fsp3) is 0.765. The molecule has 0 aliphatic carbocycles. The molecule has 1 saturated heterocycles. The first-order valence-electron chi connectivity index (χ1n) is 8.04. The zero-order valence-electron chi connectivity index (χ0n) is 13.5. The van der Waals surface area contributed by atoms with Crippen LogP contribution in [0, 0.1) is 0 Å². The van der Waals surface area contributed by atoms with Crippen LogP contribution in [0.15, 0.2) is 16.5 Å². The average Bonchev–Trinajstić information content (AvgIpc) is 2.84. The Bertz CT molecular complexity index is 405. The number of nitrogens with one attached hydrogen (secondary N) is 1. The lowest BCUT2D eigenvalue weighted by molar-refractivity contribution is 0.125. The van der Waals surface area contributed by atoms with Crippen LogP contribution >= 0.6 is 0 Å². The minimum absolute atomic E-state index is 0.132. The van der Waals surface area contributed by atoms with Gasteiger partial charge in [0.1, 0.15) is 11.5 Å². The lowest BCUT2D eigenvalue weighted by Gasteiger charge is -2.34. The Labute approximate surface area is 123 Å². The summed E-state index contributed by atoms with van der Waals surface area (Å²) in [5.41, 5.74) is 0.132. The Morgan fingerprint density at radius 1 is 1.25 bits per heavy atom. The predicted molar refractivity (Wildman–Crippen MR) is 83.6 cm³/mol. The Morgan fingerprint density at radius 3 is 2.70 bits per heavy atom. The van der Waals surface area contributed by atoms with Crippen molar-refractivity contribution in [1.82, 2.24) is 10.2 Å². The largest absolute Gasteiger partial charge is 0.463 e. The van der Waals surface area contributed by atoms with Crippen molar-refractivity contribution in [1.29, 1.82) is 0 Å². The molecule has 1 aliphatic heterocycles. The zero-order valence-corrected chi connectivity index (χ0v) is 13.5. The van der Waals surface area contributed by atoms with Crippen molar-refractivity contribution in [2.24, 2.45) is 0 Å². The minimum atomic E-state index is 0.132. The van der Waals surface area contributed by atoms with Crippen LogP contribution in [0.25, 0.3) is 0 Å². The molecule has 1 atom stereocenters. The molecule has 1 aliphatic rings. The van der Waals surface area contributed by atoms with Crippen molar-refractivity contribution in [3.8, 4) is 0 Å². The third kappa shape index (κ3) is 4.64. The van der Waals surface area contributed by atoms with Crippen molar-refractivity contribution in [3.63, 3.8) is 0 Å². The van der Waals surface area contributed by atoms with E-state index in [1.54, 1.807) is 0 Å². The highest BCUT2D eigenvalue weighted by molar-refractivity contribution is 5.07. The summed E-state index contributed by atoms with van der Waals surface area (Å²) in [6.07, 6.45) is 5.30. The van der Waals surface area contributed by atoms with Crippen LogP contribution in [0.3, 0.4) is 0 Å². The average molecular weight is 278 g/mol. The van der Waals surface area contributed by atoms with Gasteiger partial charge in [0.05, 0.1) is 13.1 Å². The predicted octanol–water partition coefficient (Wildman–Crippen LogP) is 3.93. The molecule has 0 radical (unpaired) electrons. The highest BCUT2D eigenvalue weighted by Crippen LogP contribution is 2.22. The second-order valence-corrected chi connectivity index (χ2v) is 7.00. The molecule has 2 rings (SSSR count). The summed E-state index contributed by atoms with van der Waals surface area (Å²) in [6, 6.07) is 4.99. The monoisotopic (exact) mass is 278 g/mol. The van der Waals surface area contributed by atoms with Gasteiger partial charge in [-0.2, -0.15) is 0 Å². The lowest BCUT2D eigenvalue weighted by atomic mass is 10.00. The van der Waals surface area contributed by atoms with Gasteiger partial charge < -0.3 is 9.73 Å². The number of piperidine rings is 1. The topological polar surface area (TPSA) is 28.4 Å². The van der Waals surface area contributed by atoms with Gasteiger partial charge in [-0.3, -0.25) is 4.90 Å². The van der Waals surface area contributed by atoms with Crippen LogP contribution in [0.4, 0.5) is 0 Å². The highest BCUT2D eigenvalue weighted by Gasteiger charge is 2.21. The van der Waals surface area contributed by atoms with E-state index in [0.29, 0.717) is 0 Å². The maximum atomic E-state index is 5.97. The van der Waals surface area contributed by atoms with Crippen molar-refractivity contribution < 1.29 is 4.42 Å². The highest BCUT2D eigenvalue weighted by atomic mass is 16.3. The molecular formula is C17H30N2O. The lowest BCUT2D eigenvalue weighted by Crippen LogP contribution is -2.38. The third-order valence-electron chi connectivity index (χ3n) is 4.09. The van der Waals surface area contributed by atoms with E-state index < -0.39 is 0 Å². The van der Waals surface area contributed by atoms with Gasteiger partial charge in [0.2, 0.25) is 0 Å². The zero-order chi connectivity index (χ0) is 14.6.